The van der Waals surface area contributed by atoms with Gasteiger partial charge in [-0.1, -0.05) is 0 Å². The summed E-state index contributed by atoms with van der Waals surface area (Å²) in [5.41, 5.74) is 2.78. The number of pyridine rings is 1. The van der Waals surface area contributed by atoms with Crippen LogP contribution >= 0.6 is 0 Å². The Balaban J connectivity index is 2.02. The Kier molecular flexibility index (Phi) is 3.22. The molecule has 0 saturated carbocycles. The van der Waals surface area contributed by atoms with E-state index in [1.54, 1.807) is 10.7 Å². The third-order valence-corrected chi connectivity index (χ3v) is 2.53. The second-order valence-corrected chi connectivity index (χ2v) is 3.93. The standard InChI is InChI=1S/C11H13N5O2/c1-8-9(7-15(2)14-8)5-12-10-3-4-11(13-6-10)16(17)18/h3-4,6-7,12H,5H2,1-2H3. The van der Waals surface area contributed by atoms with Crippen molar-refractivity contribution in [3.8, 4) is 0 Å². The number of hydrogen-bond donors (Lipinski definition) is 1. The summed E-state index contributed by atoms with van der Waals surface area (Å²) < 4.78 is 1.75. The molecule has 7 nitrogen and oxygen atoms in total. The highest BCUT2D eigenvalue weighted by molar-refractivity contribution is 5.44. The van der Waals surface area contributed by atoms with E-state index in [0.717, 1.165) is 16.9 Å². The fourth-order valence-corrected chi connectivity index (χ4v) is 1.62. The van der Waals surface area contributed by atoms with Gasteiger partial charge >= 0.3 is 5.82 Å². The molecule has 0 saturated heterocycles. The van der Waals surface area contributed by atoms with E-state index in [0.29, 0.717) is 6.54 Å². The fourth-order valence-electron chi connectivity index (χ4n) is 1.62. The number of aromatic nitrogens is 3. The van der Waals surface area contributed by atoms with Crippen molar-refractivity contribution in [2.75, 3.05) is 5.32 Å². The summed E-state index contributed by atoms with van der Waals surface area (Å²) in [7, 11) is 1.87. The Labute approximate surface area is 104 Å². The maximum Gasteiger partial charge on any atom is 0.363 e. The molecule has 2 heterocycles. The summed E-state index contributed by atoms with van der Waals surface area (Å²) in [4.78, 5) is 13.7. The van der Waals surface area contributed by atoms with Crippen LogP contribution in [0.15, 0.2) is 24.5 Å². The van der Waals surface area contributed by atoms with Crippen molar-refractivity contribution in [1.29, 1.82) is 0 Å². The lowest BCUT2D eigenvalue weighted by molar-refractivity contribution is -0.389. The average molecular weight is 247 g/mol. The molecule has 0 radical (unpaired) electrons. The molecule has 0 aliphatic rings. The zero-order chi connectivity index (χ0) is 13.1. The van der Waals surface area contributed by atoms with E-state index in [4.69, 9.17) is 0 Å². The van der Waals surface area contributed by atoms with E-state index >= 15 is 0 Å². The first-order chi connectivity index (χ1) is 8.56. The molecule has 18 heavy (non-hydrogen) atoms. The maximum absolute atomic E-state index is 10.5. The van der Waals surface area contributed by atoms with Crippen molar-refractivity contribution in [1.82, 2.24) is 14.8 Å². The Hall–Kier alpha value is -2.44. The van der Waals surface area contributed by atoms with Crippen LogP contribution in [0, 0.1) is 17.0 Å². The van der Waals surface area contributed by atoms with Gasteiger partial charge in [0, 0.05) is 31.4 Å². The van der Waals surface area contributed by atoms with Crippen LogP contribution in [0.2, 0.25) is 0 Å². The lowest BCUT2D eigenvalue weighted by Crippen LogP contribution is -2.01. The Morgan fingerprint density at radius 1 is 1.50 bits per heavy atom. The lowest BCUT2D eigenvalue weighted by Gasteiger charge is -2.03. The van der Waals surface area contributed by atoms with Gasteiger partial charge in [0.25, 0.3) is 0 Å². The van der Waals surface area contributed by atoms with E-state index in [-0.39, 0.29) is 5.82 Å². The molecule has 2 aromatic heterocycles. The van der Waals surface area contributed by atoms with E-state index in [2.05, 4.69) is 15.4 Å². The molecular formula is C11H13N5O2. The molecule has 0 aromatic carbocycles. The largest absolute Gasteiger partial charge is 0.378 e. The van der Waals surface area contributed by atoms with Gasteiger partial charge in [0.1, 0.15) is 0 Å². The number of rotatable bonds is 4. The zero-order valence-corrected chi connectivity index (χ0v) is 10.1. The minimum absolute atomic E-state index is 0.155. The van der Waals surface area contributed by atoms with Crippen molar-refractivity contribution in [2.24, 2.45) is 7.05 Å². The molecule has 0 amide bonds. The molecule has 0 fully saturated rings. The smallest absolute Gasteiger partial charge is 0.363 e. The van der Waals surface area contributed by atoms with Crippen LogP contribution < -0.4 is 5.32 Å². The molecule has 2 rings (SSSR count). The number of hydrogen-bond acceptors (Lipinski definition) is 5. The first kappa shape index (κ1) is 12.0. The monoisotopic (exact) mass is 247 g/mol. The summed E-state index contributed by atoms with van der Waals surface area (Å²) in [6, 6.07) is 3.01. The quantitative estimate of drug-likeness (QED) is 0.655. The van der Waals surface area contributed by atoms with Gasteiger partial charge in [0.05, 0.1) is 11.4 Å². The zero-order valence-electron chi connectivity index (χ0n) is 10.1. The molecule has 2 aromatic rings. The minimum Gasteiger partial charge on any atom is -0.378 e. The third kappa shape index (κ3) is 2.62. The number of anilines is 1. The molecule has 0 aliphatic heterocycles. The number of nitrogens with zero attached hydrogens (tertiary/aromatic N) is 4. The van der Waals surface area contributed by atoms with Gasteiger partial charge in [-0.25, -0.2) is 0 Å². The maximum atomic E-state index is 10.5. The second-order valence-electron chi connectivity index (χ2n) is 3.93. The average Bonchev–Trinajstić information content (AvgIpc) is 2.66. The second kappa shape index (κ2) is 4.82. The molecule has 1 N–H and O–H groups in total. The summed E-state index contributed by atoms with van der Waals surface area (Å²) >= 11 is 0. The normalized spacial score (nSPS) is 10.3. The van der Waals surface area contributed by atoms with Crippen LogP contribution in [0.3, 0.4) is 0 Å². The summed E-state index contributed by atoms with van der Waals surface area (Å²) in [5, 5.41) is 17.8. The Bertz CT molecular complexity index is 561. The van der Waals surface area contributed by atoms with Crippen molar-refractivity contribution < 1.29 is 4.92 Å². The molecule has 0 aliphatic carbocycles. The third-order valence-electron chi connectivity index (χ3n) is 2.53. The minimum atomic E-state index is -0.519. The van der Waals surface area contributed by atoms with E-state index < -0.39 is 4.92 Å². The van der Waals surface area contributed by atoms with Crippen molar-refractivity contribution in [3.63, 3.8) is 0 Å². The topological polar surface area (TPSA) is 85.9 Å². The highest BCUT2D eigenvalue weighted by Gasteiger charge is 2.07. The van der Waals surface area contributed by atoms with E-state index in [9.17, 15) is 10.1 Å². The van der Waals surface area contributed by atoms with Crippen molar-refractivity contribution in [3.05, 3.63) is 45.9 Å². The Morgan fingerprint density at radius 2 is 2.28 bits per heavy atom. The predicted molar refractivity (Wildman–Crippen MR) is 66.2 cm³/mol. The van der Waals surface area contributed by atoms with Crippen molar-refractivity contribution >= 4 is 11.5 Å². The predicted octanol–water partition coefficient (Wildman–Crippen LogP) is 1.64. The molecule has 0 bridgehead atoms. The summed E-state index contributed by atoms with van der Waals surface area (Å²) in [5.74, 6) is -0.155. The van der Waals surface area contributed by atoms with Crippen LogP contribution in [-0.2, 0) is 13.6 Å². The molecule has 7 heteroatoms. The molecular weight excluding hydrogens is 234 g/mol. The van der Waals surface area contributed by atoms with Crippen LogP contribution in [0.4, 0.5) is 11.5 Å². The van der Waals surface area contributed by atoms with Crippen molar-refractivity contribution in [2.45, 2.75) is 13.5 Å². The molecule has 0 spiro atoms. The summed E-state index contributed by atoms with van der Waals surface area (Å²) in [6.07, 6.45) is 3.38. The van der Waals surface area contributed by atoms with Gasteiger partial charge in [0.2, 0.25) is 0 Å². The van der Waals surface area contributed by atoms with Gasteiger partial charge < -0.3 is 15.4 Å². The van der Waals surface area contributed by atoms with Crippen LogP contribution in [0.1, 0.15) is 11.3 Å². The molecule has 0 atom stereocenters. The first-order valence-corrected chi connectivity index (χ1v) is 5.39. The first-order valence-electron chi connectivity index (χ1n) is 5.39. The van der Waals surface area contributed by atoms with Crippen LogP contribution in [-0.4, -0.2) is 19.7 Å². The SMILES string of the molecule is Cc1nn(C)cc1CNc1ccc([N+](=O)[O-])nc1. The van der Waals surface area contributed by atoms with E-state index in [1.165, 1.54) is 12.3 Å². The Morgan fingerprint density at radius 3 is 2.78 bits per heavy atom. The van der Waals surface area contributed by atoms with Gasteiger partial charge in [-0.2, -0.15) is 5.10 Å². The van der Waals surface area contributed by atoms with Crippen LogP contribution in [0.25, 0.3) is 0 Å². The summed E-state index contributed by atoms with van der Waals surface area (Å²) in [6.45, 7) is 2.55. The van der Waals surface area contributed by atoms with Gasteiger partial charge in [0.15, 0.2) is 6.20 Å². The van der Waals surface area contributed by atoms with Gasteiger partial charge in [-0.3, -0.25) is 4.68 Å². The van der Waals surface area contributed by atoms with Gasteiger partial charge in [-0.05, 0) is 22.9 Å². The number of nitrogens with one attached hydrogen (secondary N) is 1. The molecule has 0 unspecified atom stereocenters. The highest BCUT2D eigenvalue weighted by atomic mass is 16.6. The highest BCUT2D eigenvalue weighted by Crippen LogP contribution is 2.13. The fraction of sp³-hybridized carbons (Fsp3) is 0.273. The number of aryl methyl sites for hydroxylation is 2. The lowest BCUT2D eigenvalue weighted by atomic mass is 10.2. The van der Waals surface area contributed by atoms with Gasteiger partial charge in [-0.15, -0.1) is 0 Å². The van der Waals surface area contributed by atoms with Crippen LogP contribution in [0.5, 0.6) is 0 Å². The van der Waals surface area contributed by atoms with E-state index in [1.807, 2.05) is 20.2 Å². The number of nitro groups is 1. The molecule has 94 valence electrons.